The molecular weight excluding hydrogens is 800 g/mol. The smallest absolute Gasteiger partial charge is 0.469 e. The van der Waals surface area contributed by atoms with Gasteiger partial charge < -0.3 is 32.2 Å². The molecule has 0 spiro atoms. The normalized spacial score (nSPS) is 43.2. The molecule has 7 heteroatoms. The van der Waals surface area contributed by atoms with E-state index in [0.717, 1.165) is 106 Å². The van der Waals surface area contributed by atoms with Gasteiger partial charge in [-0.3, -0.25) is 4.79 Å². The molecule has 0 bridgehead atoms. The van der Waals surface area contributed by atoms with Crippen molar-refractivity contribution in [2.24, 2.45) is 69.0 Å². The van der Waals surface area contributed by atoms with Gasteiger partial charge in [-0.25, -0.2) is 0 Å². The summed E-state index contributed by atoms with van der Waals surface area (Å²) in [5.41, 5.74) is 3.26. The van der Waals surface area contributed by atoms with Gasteiger partial charge in [0.1, 0.15) is 0 Å². The van der Waals surface area contributed by atoms with E-state index < -0.39 is 16.8 Å². The van der Waals surface area contributed by atoms with Crippen molar-refractivity contribution in [3.05, 3.63) is 30.7 Å². The van der Waals surface area contributed by atoms with E-state index in [2.05, 4.69) is 39.8 Å². The van der Waals surface area contributed by atoms with Crippen molar-refractivity contribution >= 4 is 5.97 Å². The number of fused-ring (bicyclic) bond motifs is 10. The Morgan fingerprint density at radius 2 is 1.11 bits per heavy atom. The summed E-state index contributed by atoms with van der Waals surface area (Å²) in [5, 5.41) is 31.3. The van der Waals surface area contributed by atoms with Crippen LogP contribution in [0.3, 0.4) is 0 Å². The first kappa shape index (κ1) is 58.7. The summed E-state index contributed by atoms with van der Waals surface area (Å²) < 4.78 is 9.77. The zero-order valence-electron chi connectivity index (χ0n) is 42.7. The third-order valence-corrected chi connectivity index (χ3v) is 20.5. The van der Waals surface area contributed by atoms with Crippen LogP contribution < -0.4 is 18.9 Å². The van der Waals surface area contributed by atoms with Crippen LogP contribution in [0.2, 0.25) is 0 Å². The molecule has 14 atom stereocenters. The van der Waals surface area contributed by atoms with E-state index in [1.165, 1.54) is 110 Å². The molecule has 6 nitrogen and oxygen atoms in total. The minimum Gasteiger partial charge on any atom is -0.469 e. The van der Waals surface area contributed by atoms with Crippen LogP contribution in [0.25, 0.3) is 0 Å². The van der Waals surface area contributed by atoms with E-state index in [4.69, 9.17) is 9.47 Å². The van der Waals surface area contributed by atoms with Crippen LogP contribution in [0.1, 0.15) is 224 Å². The third-order valence-electron chi connectivity index (χ3n) is 20.5. The minimum atomic E-state index is -0.516. The molecule has 0 radical (unpaired) electrons. The van der Waals surface area contributed by atoms with Gasteiger partial charge in [-0.15, -0.1) is 0 Å². The topological polar surface area (TPSA) is 96.2 Å². The molecule has 1 heterocycles. The summed E-state index contributed by atoms with van der Waals surface area (Å²) >= 11 is 0. The summed E-state index contributed by atoms with van der Waals surface area (Å²) in [6.07, 6.45) is 33.3. The number of aliphatic hydroxyl groups is 3. The zero-order chi connectivity index (χ0) is 44.1. The van der Waals surface area contributed by atoms with E-state index in [9.17, 15) is 20.1 Å². The molecule has 8 aliphatic carbocycles. The van der Waals surface area contributed by atoms with Crippen LogP contribution >= 0.6 is 0 Å². The van der Waals surface area contributed by atoms with Gasteiger partial charge in [0.25, 0.3) is 0 Å². The van der Waals surface area contributed by atoms with Gasteiger partial charge in [0.15, 0.2) is 0 Å². The Hall–Kier alpha value is -0.613. The maximum Gasteiger partial charge on any atom is 1.00 e. The summed E-state index contributed by atoms with van der Waals surface area (Å²) in [7, 11) is 1.49. The molecule has 6 saturated carbocycles. The van der Waals surface area contributed by atoms with E-state index in [-0.39, 0.29) is 47.1 Å². The summed E-state index contributed by atoms with van der Waals surface area (Å²) in [5.74, 6) is 6.60. The second kappa shape index (κ2) is 22.6. The quantitative estimate of drug-likeness (QED) is 0.0972. The zero-order valence-corrected chi connectivity index (χ0v) is 42.7. The fourth-order valence-electron chi connectivity index (χ4n) is 16.7. The number of carbonyl (C=O) groups excluding carboxylic acids is 1. The molecule has 7 fully saturated rings. The minimum absolute atomic E-state index is 0. The van der Waals surface area contributed by atoms with Crippen molar-refractivity contribution in [2.75, 3.05) is 20.3 Å². The second-order valence-corrected chi connectivity index (χ2v) is 25.0. The average Bonchev–Trinajstić information content (AvgIpc) is 3.96. The average molecular weight is 903 g/mol. The Labute approximate surface area is 413 Å². The van der Waals surface area contributed by atoms with Gasteiger partial charge >= 0.3 is 24.8 Å². The van der Waals surface area contributed by atoms with Crippen molar-refractivity contribution in [3.8, 4) is 0 Å². The van der Waals surface area contributed by atoms with E-state index in [0.29, 0.717) is 28.1 Å². The maximum atomic E-state index is 11.5. The molecule has 0 aromatic heterocycles. The monoisotopic (exact) mass is 903 g/mol. The number of ether oxygens (including phenoxy) is 2. The molecule has 65 heavy (non-hydrogen) atoms. The molecule has 0 aromatic rings. The first-order valence-corrected chi connectivity index (χ1v) is 25.8. The van der Waals surface area contributed by atoms with Crippen molar-refractivity contribution in [1.29, 1.82) is 0 Å². The van der Waals surface area contributed by atoms with Crippen LogP contribution in [0.5, 0.6) is 0 Å². The van der Waals surface area contributed by atoms with Gasteiger partial charge in [-0.1, -0.05) is 72.3 Å². The van der Waals surface area contributed by atoms with Gasteiger partial charge in [0, 0.05) is 19.6 Å². The Morgan fingerprint density at radius 3 is 1.49 bits per heavy atom. The fraction of sp³-hybridized carbons (Fsp3) is 0.897. The molecule has 3 N–H and O–H groups in total. The van der Waals surface area contributed by atoms with Crippen LogP contribution in [0.4, 0.5) is 0 Å². The largest absolute Gasteiger partial charge is 1.00 e. The van der Waals surface area contributed by atoms with Gasteiger partial charge in [0.05, 0.1) is 23.9 Å². The SMILES string of the molecule is C.C.C1CCOC1.CC(C)(O)CCC[C@H]1CC[C@H]2[C@@H]3CC=C4C[C@@](C)(O)CC[C@]4(C)[C@H]3CC[C@]12C.COC(=O)CCC[C@H]1CC[C@H]2[C@@H]3CC=C4C[C@@](C)(O)CC[C@]4(C)[C@H]3CC[C@]12C.[CH3-].[Li+]. The molecule has 9 rings (SSSR count). The van der Waals surface area contributed by atoms with Gasteiger partial charge in [0.2, 0.25) is 0 Å². The Kier molecular flexibility index (Phi) is 20.4. The van der Waals surface area contributed by atoms with Crippen LogP contribution in [0.15, 0.2) is 23.3 Å². The number of esters is 1. The standard InChI is InChI=1S/C26H44O2.C25H40O3.C4H8O.2CH4.CH3.Li/c1-23(2,27)13-6-7-18-9-11-21-20-10-8-19-17-24(3,28)15-16-26(19,5)22(20)12-14-25(18,21)4;1-23(27)14-15-25(3)18(16-23)8-10-19-20-11-9-17(6-5-7-22(26)28-4)24(20,2)13-12-21(19)25;1-2-4-5-3-1;;;;/h8,18,20-22,27-28H,6-7,9-17H2,1-5H3;8,17,19-21,27H,5-7,9-16H2,1-4H3;1-4H2;2*1H4;1H3;/q;;;;;-1;+1/t18-,20-,21-,22-,24-,25+,26-;17-,19-,20-,21-,23-,24+,25-;;;;;/m00...../s1. The van der Waals surface area contributed by atoms with Crippen molar-refractivity contribution in [2.45, 2.75) is 241 Å². The van der Waals surface area contributed by atoms with Crippen molar-refractivity contribution in [1.82, 2.24) is 0 Å². The molecule has 0 aromatic carbocycles. The van der Waals surface area contributed by atoms with E-state index in [1.807, 2.05) is 27.7 Å². The Bertz CT molecular complexity index is 1580. The number of hydrogen-bond donors (Lipinski definition) is 3. The van der Waals surface area contributed by atoms with Gasteiger partial charge in [-0.2, -0.15) is 0 Å². The Balaban J connectivity index is 0.000000295. The van der Waals surface area contributed by atoms with Crippen LogP contribution in [0, 0.1) is 76.4 Å². The maximum absolute atomic E-state index is 11.5. The molecule has 1 aliphatic heterocycles. The second-order valence-electron chi connectivity index (χ2n) is 25.0. The molecule has 0 unspecified atom stereocenters. The molecule has 1 saturated heterocycles. The molecule has 372 valence electrons. The third kappa shape index (κ3) is 12.3. The molecule has 9 aliphatic rings. The fourth-order valence-corrected chi connectivity index (χ4v) is 16.7. The molecular formula is C58H103LiO6. The summed E-state index contributed by atoms with van der Waals surface area (Å²) in [6, 6.07) is 0. The van der Waals surface area contributed by atoms with E-state index >= 15 is 0 Å². The Morgan fingerprint density at radius 1 is 0.677 bits per heavy atom. The number of rotatable bonds is 8. The number of allylic oxidation sites excluding steroid dienone is 2. The number of hydrogen-bond acceptors (Lipinski definition) is 6. The van der Waals surface area contributed by atoms with Crippen molar-refractivity contribution in [3.63, 3.8) is 0 Å². The summed E-state index contributed by atoms with van der Waals surface area (Å²) in [4.78, 5) is 11.5. The van der Waals surface area contributed by atoms with Crippen molar-refractivity contribution < 1.29 is 48.4 Å². The molecule has 0 amide bonds. The van der Waals surface area contributed by atoms with Crippen LogP contribution in [-0.4, -0.2) is 58.4 Å². The predicted molar refractivity (Wildman–Crippen MR) is 268 cm³/mol. The van der Waals surface area contributed by atoms with Gasteiger partial charge in [-0.05, 0) is 238 Å². The first-order valence-electron chi connectivity index (χ1n) is 25.8. The summed E-state index contributed by atoms with van der Waals surface area (Å²) in [6.45, 7) is 20.2. The number of carbonyl (C=O) groups is 1. The van der Waals surface area contributed by atoms with E-state index in [1.54, 1.807) is 11.1 Å². The first-order chi connectivity index (χ1) is 28.6. The predicted octanol–water partition coefficient (Wildman–Crippen LogP) is 11.4. The van der Waals surface area contributed by atoms with Crippen LogP contribution in [-0.2, 0) is 14.3 Å². The number of methoxy groups -OCH3 is 1.